The largest absolute Gasteiger partial charge is 0.872 e. The maximum Gasteiger partial charge on any atom is 0.193 e. The van der Waals surface area contributed by atoms with Gasteiger partial charge < -0.3 is 5.11 Å². The molecule has 74 valence electrons. The number of hydrogen-bond acceptors (Lipinski definition) is 2. The molecule has 0 aliphatic carbocycles. The van der Waals surface area contributed by atoms with Crippen molar-refractivity contribution in [3.8, 4) is 5.75 Å². The van der Waals surface area contributed by atoms with E-state index in [1.807, 2.05) is 18.2 Å². The molecule has 2 aromatic rings. The minimum atomic E-state index is -0.0837. The van der Waals surface area contributed by atoms with Crippen LogP contribution in [0.4, 0.5) is 0 Å². The second-order valence-corrected chi connectivity index (χ2v) is 3.22. The molecule has 0 aliphatic heterocycles. The summed E-state index contributed by atoms with van der Waals surface area (Å²) in [6.07, 6.45) is 0. The second-order valence-electron chi connectivity index (χ2n) is 3.22. The van der Waals surface area contributed by atoms with E-state index in [0.29, 0.717) is 11.1 Å². The van der Waals surface area contributed by atoms with Crippen LogP contribution in [0.2, 0.25) is 0 Å². The van der Waals surface area contributed by atoms with Gasteiger partial charge in [-0.3, -0.25) is 4.79 Å². The van der Waals surface area contributed by atoms with Gasteiger partial charge in [0.25, 0.3) is 0 Å². The number of carbonyl (C=O) groups is 1. The van der Waals surface area contributed by atoms with Crippen molar-refractivity contribution < 1.29 is 9.90 Å². The van der Waals surface area contributed by atoms with Gasteiger partial charge in [-0.05, 0) is 0 Å². The van der Waals surface area contributed by atoms with E-state index in [2.05, 4.69) is 0 Å². The standard InChI is InChI=1S/C13H10O2/c14-12-8-6-11(7-9-12)13(15)10-4-2-1-3-5-10/h1-9,14H/p-1. The Morgan fingerprint density at radius 2 is 1.33 bits per heavy atom. The molecule has 0 unspecified atom stereocenters. The molecule has 0 atom stereocenters. The van der Waals surface area contributed by atoms with Gasteiger partial charge in [0.15, 0.2) is 5.78 Å². The lowest BCUT2D eigenvalue weighted by atomic mass is 10.0. The Morgan fingerprint density at radius 3 is 1.93 bits per heavy atom. The maximum atomic E-state index is 11.9. The first-order valence-corrected chi connectivity index (χ1v) is 4.64. The number of hydrogen-bond donors (Lipinski definition) is 0. The molecule has 15 heavy (non-hydrogen) atoms. The SMILES string of the molecule is O=C(c1ccccc1)c1ccc([O-])cc1. The monoisotopic (exact) mass is 197 g/mol. The van der Waals surface area contributed by atoms with Gasteiger partial charge in [0.2, 0.25) is 0 Å². The topological polar surface area (TPSA) is 40.1 Å². The zero-order valence-electron chi connectivity index (χ0n) is 8.01. The highest BCUT2D eigenvalue weighted by atomic mass is 16.3. The van der Waals surface area contributed by atoms with Crippen molar-refractivity contribution in [3.05, 3.63) is 65.7 Å². The zero-order chi connectivity index (χ0) is 10.7. The first-order chi connectivity index (χ1) is 7.27. The molecule has 0 bridgehead atoms. The normalized spacial score (nSPS) is 9.87. The van der Waals surface area contributed by atoms with Crippen LogP contribution in [-0.2, 0) is 0 Å². The Morgan fingerprint density at radius 1 is 0.800 bits per heavy atom. The van der Waals surface area contributed by atoms with E-state index >= 15 is 0 Å². The summed E-state index contributed by atoms with van der Waals surface area (Å²) in [5, 5.41) is 10.9. The summed E-state index contributed by atoms with van der Waals surface area (Å²) in [6, 6.07) is 14.9. The quantitative estimate of drug-likeness (QED) is 0.691. The van der Waals surface area contributed by atoms with Crippen molar-refractivity contribution in [1.29, 1.82) is 0 Å². The van der Waals surface area contributed by atoms with Crippen LogP contribution in [0, 0.1) is 0 Å². The van der Waals surface area contributed by atoms with Crippen LogP contribution < -0.4 is 5.11 Å². The molecule has 0 aliphatic rings. The van der Waals surface area contributed by atoms with Crippen LogP contribution >= 0.6 is 0 Å². The predicted molar refractivity (Wildman–Crippen MR) is 55.8 cm³/mol. The summed E-state index contributed by atoms with van der Waals surface area (Å²) in [4.78, 5) is 11.9. The van der Waals surface area contributed by atoms with Crippen molar-refractivity contribution in [2.24, 2.45) is 0 Å². The van der Waals surface area contributed by atoms with Gasteiger partial charge in [0.1, 0.15) is 0 Å². The van der Waals surface area contributed by atoms with Crippen molar-refractivity contribution in [2.45, 2.75) is 0 Å². The molecular formula is C13H9O2-. The average molecular weight is 197 g/mol. The Bertz CT molecular complexity index is 458. The van der Waals surface area contributed by atoms with E-state index in [0.717, 1.165) is 0 Å². The lowest BCUT2D eigenvalue weighted by Gasteiger charge is -2.05. The van der Waals surface area contributed by atoms with E-state index in [4.69, 9.17) is 0 Å². The van der Waals surface area contributed by atoms with Crippen LogP contribution in [0.25, 0.3) is 0 Å². The minimum Gasteiger partial charge on any atom is -0.872 e. The number of ketones is 1. The van der Waals surface area contributed by atoms with Gasteiger partial charge >= 0.3 is 0 Å². The van der Waals surface area contributed by atoms with Gasteiger partial charge in [0.05, 0.1) is 0 Å². The Kier molecular flexibility index (Phi) is 2.50. The molecular weight excluding hydrogens is 188 g/mol. The molecule has 0 saturated carbocycles. The fraction of sp³-hybridized carbons (Fsp3) is 0. The van der Waals surface area contributed by atoms with Crippen LogP contribution in [-0.4, -0.2) is 5.78 Å². The summed E-state index contributed by atoms with van der Waals surface area (Å²) in [5.74, 6) is -0.143. The van der Waals surface area contributed by atoms with Crippen molar-refractivity contribution in [3.63, 3.8) is 0 Å². The number of rotatable bonds is 2. The Hall–Kier alpha value is -2.09. The molecule has 2 nitrogen and oxygen atoms in total. The molecule has 0 amide bonds. The predicted octanol–water partition coefficient (Wildman–Crippen LogP) is 1.99. The number of carbonyl (C=O) groups excluding carboxylic acids is 1. The van der Waals surface area contributed by atoms with Crippen molar-refractivity contribution in [2.75, 3.05) is 0 Å². The van der Waals surface area contributed by atoms with E-state index in [9.17, 15) is 9.90 Å². The summed E-state index contributed by atoms with van der Waals surface area (Å²) in [5.41, 5.74) is 1.18. The smallest absolute Gasteiger partial charge is 0.193 e. The molecule has 0 heterocycles. The molecule has 2 rings (SSSR count). The molecule has 0 aromatic heterocycles. The van der Waals surface area contributed by atoms with Gasteiger partial charge in [-0.15, -0.1) is 5.75 Å². The molecule has 0 N–H and O–H groups in total. The Labute approximate surface area is 87.8 Å². The van der Waals surface area contributed by atoms with Gasteiger partial charge in [0, 0.05) is 11.1 Å². The van der Waals surface area contributed by atoms with Crippen LogP contribution in [0.5, 0.6) is 5.75 Å². The van der Waals surface area contributed by atoms with Crippen LogP contribution in [0.3, 0.4) is 0 Å². The second kappa shape index (κ2) is 3.96. The molecule has 0 saturated heterocycles. The highest BCUT2D eigenvalue weighted by molar-refractivity contribution is 6.08. The minimum absolute atomic E-state index is 0.0596. The van der Waals surface area contributed by atoms with Gasteiger partial charge in [-0.25, -0.2) is 0 Å². The first kappa shape index (κ1) is 9.46. The summed E-state index contributed by atoms with van der Waals surface area (Å²) in [6.45, 7) is 0. The van der Waals surface area contributed by atoms with Crippen molar-refractivity contribution in [1.82, 2.24) is 0 Å². The first-order valence-electron chi connectivity index (χ1n) is 4.64. The molecule has 2 heteroatoms. The molecule has 2 aromatic carbocycles. The van der Waals surface area contributed by atoms with E-state index in [-0.39, 0.29) is 11.5 Å². The van der Waals surface area contributed by atoms with Crippen LogP contribution in [0.15, 0.2) is 54.6 Å². The maximum absolute atomic E-state index is 11.9. The van der Waals surface area contributed by atoms with E-state index in [1.54, 1.807) is 24.3 Å². The highest BCUT2D eigenvalue weighted by Gasteiger charge is 2.06. The summed E-state index contributed by atoms with van der Waals surface area (Å²) >= 11 is 0. The molecule has 0 spiro atoms. The van der Waals surface area contributed by atoms with E-state index in [1.165, 1.54) is 12.1 Å². The van der Waals surface area contributed by atoms with Gasteiger partial charge in [-0.1, -0.05) is 54.6 Å². The van der Waals surface area contributed by atoms with Crippen LogP contribution in [0.1, 0.15) is 15.9 Å². The summed E-state index contributed by atoms with van der Waals surface area (Å²) < 4.78 is 0. The third kappa shape index (κ3) is 2.05. The van der Waals surface area contributed by atoms with Gasteiger partial charge in [-0.2, -0.15) is 0 Å². The fourth-order valence-electron chi connectivity index (χ4n) is 1.36. The van der Waals surface area contributed by atoms with E-state index < -0.39 is 0 Å². The number of benzene rings is 2. The third-order valence-electron chi connectivity index (χ3n) is 2.15. The van der Waals surface area contributed by atoms with Crippen molar-refractivity contribution >= 4 is 5.78 Å². The zero-order valence-corrected chi connectivity index (χ0v) is 8.01. The fourth-order valence-corrected chi connectivity index (χ4v) is 1.36. The Balaban J connectivity index is 2.33. The highest BCUT2D eigenvalue weighted by Crippen LogP contribution is 2.12. The molecule has 0 radical (unpaired) electrons. The summed E-state index contributed by atoms with van der Waals surface area (Å²) in [7, 11) is 0. The lowest BCUT2D eigenvalue weighted by Crippen LogP contribution is -2.01. The lowest BCUT2D eigenvalue weighted by molar-refractivity contribution is -0.268. The third-order valence-corrected chi connectivity index (χ3v) is 2.15. The average Bonchev–Trinajstić information content (AvgIpc) is 2.30. The molecule has 0 fully saturated rings.